The molecule has 3 atom stereocenters. The Morgan fingerprint density at radius 1 is 0.978 bits per heavy atom. The lowest BCUT2D eigenvalue weighted by Crippen LogP contribution is -2.49. The molecule has 0 fully saturated rings. The first-order valence-corrected chi connectivity index (χ1v) is 16.8. The molecule has 0 spiro atoms. The third kappa shape index (κ3) is 7.88. The molecular weight excluding hydrogens is 602 g/mol. The van der Waals surface area contributed by atoms with Crippen molar-refractivity contribution in [3.8, 4) is 17.2 Å². The summed E-state index contributed by atoms with van der Waals surface area (Å²) in [5.41, 5.74) is 2.43. The molecule has 1 amide bonds. The number of carbonyl (C=O) groups is 1. The zero-order chi connectivity index (χ0) is 32.8. The minimum absolute atomic E-state index is 0.105. The number of para-hydroxylation sites is 2. The number of nitrogens with zero attached hydrogens (tertiary/aromatic N) is 2. The lowest BCUT2D eigenvalue weighted by molar-refractivity contribution is 0.0344. The highest BCUT2D eigenvalue weighted by Crippen LogP contribution is 2.36. The first-order chi connectivity index (χ1) is 22.0. The van der Waals surface area contributed by atoms with E-state index in [1.807, 2.05) is 75.5 Å². The number of aliphatic hydroxyl groups excluding tert-OH is 1. The van der Waals surface area contributed by atoms with E-state index in [9.17, 15) is 18.3 Å². The largest absolute Gasteiger partial charge is 0.486 e. The number of fused-ring (bicyclic) bond motifs is 1. The highest BCUT2D eigenvalue weighted by Gasteiger charge is 2.35. The van der Waals surface area contributed by atoms with Crippen LogP contribution in [0.15, 0.2) is 102 Å². The number of amides is 1. The van der Waals surface area contributed by atoms with E-state index >= 15 is 0 Å². The Balaban J connectivity index is 1.39. The summed E-state index contributed by atoms with van der Waals surface area (Å²) in [6.07, 6.45) is -0.407. The number of carbonyl (C=O) groups excluding carboxylic acids is 1. The molecule has 0 bridgehead atoms. The fraction of sp³-hybridized carbons (Fsp3) is 0.306. The van der Waals surface area contributed by atoms with Crippen LogP contribution in [0.2, 0.25) is 0 Å². The fourth-order valence-electron chi connectivity index (χ4n) is 5.43. The third-order valence-electron chi connectivity index (χ3n) is 8.11. The number of aryl methyl sites for hydroxylation is 1. The van der Waals surface area contributed by atoms with Crippen LogP contribution in [0.1, 0.15) is 35.3 Å². The molecule has 0 saturated heterocycles. The van der Waals surface area contributed by atoms with E-state index in [0.717, 1.165) is 22.6 Å². The lowest BCUT2D eigenvalue weighted by atomic mass is 9.99. The number of likely N-dealkylation sites (N-methyl/N-ethyl adjacent to an activating group) is 1. The maximum absolute atomic E-state index is 13.8. The van der Waals surface area contributed by atoms with Gasteiger partial charge in [-0.15, -0.1) is 0 Å². The highest BCUT2D eigenvalue weighted by molar-refractivity contribution is 7.92. The number of benzene rings is 4. The summed E-state index contributed by atoms with van der Waals surface area (Å²) in [7, 11) is -1.98. The second-order valence-electron chi connectivity index (χ2n) is 12.0. The fourth-order valence-corrected chi connectivity index (χ4v) is 6.50. The van der Waals surface area contributed by atoms with Crippen molar-refractivity contribution in [3.63, 3.8) is 0 Å². The average Bonchev–Trinajstić information content (AvgIpc) is 3.04. The quantitative estimate of drug-likeness (QED) is 0.208. The van der Waals surface area contributed by atoms with Crippen molar-refractivity contribution in [1.29, 1.82) is 0 Å². The van der Waals surface area contributed by atoms with Gasteiger partial charge < -0.3 is 19.5 Å². The highest BCUT2D eigenvalue weighted by atomic mass is 32.2. The summed E-state index contributed by atoms with van der Waals surface area (Å²) >= 11 is 0. The van der Waals surface area contributed by atoms with E-state index in [4.69, 9.17) is 9.47 Å². The van der Waals surface area contributed by atoms with Gasteiger partial charge in [0.15, 0.2) is 5.75 Å². The second-order valence-corrected chi connectivity index (χ2v) is 13.7. The number of rotatable bonds is 11. The monoisotopic (exact) mass is 643 g/mol. The maximum atomic E-state index is 13.8. The molecule has 0 aromatic heterocycles. The van der Waals surface area contributed by atoms with Crippen molar-refractivity contribution < 1.29 is 27.8 Å². The molecule has 242 valence electrons. The van der Waals surface area contributed by atoms with Crippen LogP contribution >= 0.6 is 0 Å². The van der Waals surface area contributed by atoms with Gasteiger partial charge in [-0.2, -0.15) is 0 Å². The Labute approximate surface area is 271 Å². The van der Waals surface area contributed by atoms with Gasteiger partial charge in [-0.1, -0.05) is 61.0 Å². The molecular formula is C36H41N3O6S. The molecule has 0 unspecified atom stereocenters. The third-order valence-corrected chi connectivity index (χ3v) is 9.49. The van der Waals surface area contributed by atoms with Crippen LogP contribution in [0.3, 0.4) is 0 Å². The minimum Gasteiger partial charge on any atom is -0.486 e. The molecule has 1 heterocycles. The van der Waals surface area contributed by atoms with Crippen molar-refractivity contribution >= 4 is 21.6 Å². The van der Waals surface area contributed by atoms with Crippen LogP contribution < -0.4 is 14.2 Å². The number of aliphatic hydroxyl groups is 1. The summed E-state index contributed by atoms with van der Waals surface area (Å²) in [5.74, 6) is 1.22. The Kier molecular flexibility index (Phi) is 10.3. The van der Waals surface area contributed by atoms with Crippen molar-refractivity contribution in [1.82, 2.24) is 9.80 Å². The molecule has 1 aliphatic rings. The van der Waals surface area contributed by atoms with Gasteiger partial charge in [-0.3, -0.25) is 14.4 Å². The van der Waals surface area contributed by atoms with Crippen LogP contribution in [0.4, 0.5) is 5.69 Å². The normalized spacial score (nSPS) is 17.4. The molecule has 0 saturated carbocycles. The van der Waals surface area contributed by atoms with Gasteiger partial charge in [0.25, 0.3) is 15.9 Å². The molecule has 1 aliphatic heterocycles. The van der Waals surface area contributed by atoms with Crippen molar-refractivity contribution in [3.05, 3.63) is 114 Å². The van der Waals surface area contributed by atoms with Gasteiger partial charge in [0, 0.05) is 25.6 Å². The Hall–Kier alpha value is -4.38. The van der Waals surface area contributed by atoms with Gasteiger partial charge >= 0.3 is 0 Å². The lowest BCUT2D eigenvalue weighted by Gasteiger charge is -2.38. The average molecular weight is 644 g/mol. The number of ether oxygens (including phenoxy) is 2. The van der Waals surface area contributed by atoms with E-state index in [2.05, 4.69) is 9.62 Å². The number of nitrogens with one attached hydrogen (secondary N) is 1. The zero-order valence-corrected chi connectivity index (χ0v) is 27.4. The molecule has 5 rings (SSSR count). The Bertz CT molecular complexity index is 1730. The predicted octanol–water partition coefficient (Wildman–Crippen LogP) is 5.94. The SMILES string of the molecule is Cc1ccc(S(=O)(=O)Nc2cccc3c2O[C@H](CN(C)Cc2ccc(Oc4ccccc4)cc2)[C@H](C)CN([C@H](C)CO)C3=O)cc1. The van der Waals surface area contributed by atoms with E-state index in [1.54, 1.807) is 54.3 Å². The number of hydrogen-bond acceptors (Lipinski definition) is 7. The topological polar surface area (TPSA) is 108 Å². The van der Waals surface area contributed by atoms with Gasteiger partial charge in [-0.25, -0.2) is 8.42 Å². The van der Waals surface area contributed by atoms with Crippen LogP contribution in [0.5, 0.6) is 17.2 Å². The molecule has 0 aliphatic carbocycles. The van der Waals surface area contributed by atoms with E-state index in [0.29, 0.717) is 19.6 Å². The van der Waals surface area contributed by atoms with Gasteiger partial charge in [0.1, 0.15) is 17.6 Å². The summed E-state index contributed by atoms with van der Waals surface area (Å²) in [5, 5.41) is 10.00. The maximum Gasteiger partial charge on any atom is 0.262 e. The Morgan fingerprint density at radius 3 is 2.33 bits per heavy atom. The van der Waals surface area contributed by atoms with Crippen molar-refractivity contribution in [2.45, 2.75) is 44.4 Å². The predicted molar refractivity (Wildman–Crippen MR) is 179 cm³/mol. The molecule has 0 radical (unpaired) electrons. The van der Waals surface area contributed by atoms with E-state index in [-0.39, 0.29) is 40.3 Å². The molecule has 10 heteroatoms. The van der Waals surface area contributed by atoms with Crippen molar-refractivity contribution in [2.75, 3.05) is 31.5 Å². The van der Waals surface area contributed by atoms with Gasteiger partial charge in [0.2, 0.25) is 0 Å². The minimum atomic E-state index is -3.97. The van der Waals surface area contributed by atoms with Crippen LogP contribution in [-0.2, 0) is 16.6 Å². The first-order valence-electron chi connectivity index (χ1n) is 15.4. The standard InChI is InChI=1S/C36H41N3O6S/c1-25-13-19-31(20-14-25)46(42,43)37-33-12-8-11-32-35(33)45-34(26(2)21-39(36(32)41)27(3)24-40)23-38(4)22-28-15-17-30(18-16-28)44-29-9-6-5-7-10-29/h5-20,26-27,34,37,40H,21-24H2,1-4H3/t26-,27-,34-/m1/s1. The summed E-state index contributed by atoms with van der Waals surface area (Å²) in [4.78, 5) is 17.7. The second kappa shape index (κ2) is 14.4. The summed E-state index contributed by atoms with van der Waals surface area (Å²) < 4.78 is 42.0. The summed E-state index contributed by atoms with van der Waals surface area (Å²) in [6, 6.07) is 28.5. The molecule has 4 aromatic rings. The van der Waals surface area contributed by atoms with Crippen LogP contribution in [0.25, 0.3) is 0 Å². The van der Waals surface area contributed by atoms with E-state index < -0.39 is 22.2 Å². The van der Waals surface area contributed by atoms with Crippen LogP contribution in [0, 0.1) is 12.8 Å². The van der Waals surface area contributed by atoms with Crippen molar-refractivity contribution in [2.24, 2.45) is 5.92 Å². The number of sulfonamides is 1. The molecule has 9 nitrogen and oxygen atoms in total. The smallest absolute Gasteiger partial charge is 0.262 e. The zero-order valence-electron chi connectivity index (χ0n) is 26.6. The van der Waals surface area contributed by atoms with Crippen LogP contribution in [-0.4, -0.2) is 68.1 Å². The molecule has 46 heavy (non-hydrogen) atoms. The Morgan fingerprint density at radius 2 is 1.65 bits per heavy atom. The van der Waals surface area contributed by atoms with Gasteiger partial charge in [0.05, 0.1) is 28.8 Å². The van der Waals surface area contributed by atoms with E-state index in [1.165, 1.54) is 0 Å². The summed E-state index contributed by atoms with van der Waals surface area (Å²) in [6.45, 7) is 6.97. The number of hydrogen-bond donors (Lipinski definition) is 2. The number of anilines is 1. The molecule has 2 N–H and O–H groups in total. The van der Waals surface area contributed by atoms with Gasteiger partial charge in [-0.05, 0) is 75.0 Å². The first kappa shape index (κ1) is 33.0. The molecule has 4 aromatic carbocycles.